The summed E-state index contributed by atoms with van der Waals surface area (Å²) in [4.78, 5) is 57.7. The van der Waals surface area contributed by atoms with Gasteiger partial charge in [0.25, 0.3) is 5.91 Å². The number of carbonyl (C=O) groups is 4. The van der Waals surface area contributed by atoms with E-state index in [9.17, 15) is 32.7 Å². The molecule has 2 unspecified atom stereocenters. The summed E-state index contributed by atoms with van der Waals surface area (Å²) in [5.41, 5.74) is 0.991. The molecule has 1 amide bonds. The van der Waals surface area contributed by atoms with Crippen LogP contribution in [-0.4, -0.2) is 81.8 Å². The van der Waals surface area contributed by atoms with Crippen LogP contribution in [0.4, 0.5) is 0 Å². The van der Waals surface area contributed by atoms with Gasteiger partial charge in [0.15, 0.2) is 33.1 Å². The zero-order valence-electron chi connectivity index (χ0n) is 24.5. The van der Waals surface area contributed by atoms with E-state index in [4.69, 9.17) is 21.1 Å². The molecule has 0 bridgehead atoms. The highest BCUT2D eigenvalue weighted by Crippen LogP contribution is 2.51. The first-order valence-corrected chi connectivity index (χ1v) is 16.1. The van der Waals surface area contributed by atoms with Gasteiger partial charge in [0.1, 0.15) is 17.5 Å². The molecule has 5 rings (SSSR count). The van der Waals surface area contributed by atoms with E-state index in [2.05, 4.69) is 11.6 Å². The van der Waals surface area contributed by atoms with E-state index < -0.39 is 67.7 Å². The van der Waals surface area contributed by atoms with E-state index in [-0.39, 0.29) is 23.4 Å². The Hall–Kier alpha value is -4.65. The summed E-state index contributed by atoms with van der Waals surface area (Å²) in [5, 5.41) is 9.41. The number of rotatable bonds is 11. The van der Waals surface area contributed by atoms with Gasteiger partial charge >= 0.3 is 11.9 Å². The predicted molar refractivity (Wildman–Crippen MR) is 167 cm³/mol. The largest absolute Gasteiger partial charge is 0.458 e. The lowest BCUT2D eigenvalue weighted by Crippen LogP contribution is -2.62. The third-order valence-corrected chi connectivity index (χ3v) is 11.0. The van der Waals surface area contributed by atoms with Gasteiger partial charge in [-0.05, 0) is 36.3 Å². The fourth-order valence-electron chi connectivity index (χ4n) is 5.66. The molecule has 46 heavy (non-hydrogen) atoms. The molecule has 0 aliphatic carbocycles. The lowest BCUT2D eigenvalue weighted by molar-refractivity contribution is -0.162. The molecule has 1 N–H and O–H groups in total. The molecule has 2 aliphatic rings. The number of fused-ring (bicyclic) bond motifs is 1. The summed E-state index contributed by atoms with van der Waals surface area (Å²) in [5.74, 6) is -4.50. The van der Waals surface area contributed by atoms with E-state index >= 15 is 0 Å². The average molecular weight is 665 g/mol. The van der Waals surface area contributed by atoms with Crippen molar-refractivity contribution in [2.24, 2.45) is 0 Å². The highest BCUT2D eigenvalue weighted by atomic mass is 35.5. The van der Waals surface area contributed by atoms with Crippen LogP contribution in [0.25, 0.3) is 6.08 Å². The van der Waals surface area contributed by atoms with Gasteiger partial charge in [-0.15, -0.1) is 11.6 Å². The SMILES string of the molecule is C=CCOC(=O)c1ccnc(/C=C2/C(=O)N3C2S(=O)(=O)[C@@](C)(C(O)C(=O)CCl)[C@@H]3C(=O)OC(c2ccccc2)c2ccccc2)c1. The third-order valence-electron chi connectivity index (χ3n) is 8.02. The molecule has 1 aromatic heterocycles. The normalized spacial score (nSPS) is 22.9. The van der Waals surface area contributed by atoms with Gasteiger partial charge in [0, 0.05) is 6.20 Å². The van der Waals surface area contributed by atoms with Crippen LogP contribution in [0.1, 0.15) is 40.2 Å². The molecule has 13 heteroatoms. The number of hydrogen-bond acceptors (Lipinski definition) is 10. The van der Waals surface area contributed by atoms with Crippen molar-refractivity contribution in [1.29, 1.82) is 0 Å². The van der Waals surface area contributed by atoms with Gasteiger partial charge in [-0.2, -0.15) is 0 Å². The number of benzene rings is 2. The maximum atomic E-state index is 14.2. The van der Waals surface area contributed by atoms with Crippen molar-refractivity contribution in [2.75, 3.05) is 12.5 Å². The molecule has 4 atom stereocenters. The molecule has 11 nitrogen and oxygen atoms in total. The van der Waals surface area contributed by atoms with Gasteiger partial charge in [-0.3, -0.25) is 14.6 Å². The fourth-order valence-corrected chi connectivity index (χ4v) is 8.27. The number of alkyl halides is 1. The predicted octanol–water partition coefficient (Wildman–Crippen LogP) is 3.03. The molecule has 2 saturated heterocycles. The molecule has 2 aromatic carbocycles. The first kappa shape index (κ1) is 32.7. The molecule has 0 radical (unpaired) electrons. The smallest absolute Gasteiger partial charge is 0.338 e. The topological polar surface area (TPSA) is 157 Å². The number of amides is 1. The number of hydrogen-bond donors (Lipinski definition) is 1. The summed E-state index contributed by atoms with van der Waals surface area (Å²) in [7, 11) is -4.71. The van der Waals surface area contributed by atoms with Crippen LogP contribution in [0.3, 0.4) is 0 Å². The van der Waals surface area contributed by atoms with E-state index in [0.29, 0.717) is 11.1 Å². The molecule has 2 fully saturated rings. The Morgan fingerprint density at radius 2 is 1.70 bits per heavy atom. The van der Waals surface area contributed by atoms with Gasteiger partial charge in [-0.25, -0.2) is 18.0 Å². The number of aliphatic hydroxyl groups is 1. The zero-order valence-corrected chi connectivity index (χ0v) is 26.1. The van der Waals surface area contributed by atoms with Crippen LogP contribution in [0.2, 0.25) is 0 Å². The summed E-state index contributed by atoms with van der Waals surface area (Å²) >= 11 is 5.71. The second kappa shape index (κ2) is 13.0. The number of Topliss-reactive ketones (excluding diaryl/α,β-unsaturated/α-hetero) is 1. The minimum absolute atomic E-state index is 0.0415. The highest BCUT2D eigenvalue weighted by Gasteiger charge is 2.75. The summed E-state index contributed by atoms with van der Waals surface area (Å²) < 4.78 is 36.9. The molecule has 0 spiro atoms. The quantitative estimate of drug-likeness (QED) is 0.106. The average Bonchev–Trinajstić information content (AvgIpc) is 3.25. The number of carbonyl (C=O) groups excluding carboxylic acids is 4. The van der Waals surface area contributed by atoms with Crippen LogP contribution < -0.4 is 0 Å². The van der Waals surface area contributed by atoms with E-state index in [0.717, 1.165) is 11.8 Å². The second-order valence-electron chi connectivity index (χ2n) is 10.8. The molecule has 2 aliphatic heterocycles. The molecule has 238 valence electrons. The van der Waals surface area contributed by atoms with Crippen molar-refractivity contribution in [1.82, 2.24) is 9.88 Å². The summed E-state index contributed by atoms with van der Waals surface area (Å²) in [6.07, 6.45) is 0.548. The number of ether oxygens (including phenoxy) is 2. The number of sulfone groups is 1. The van der Waals surface area contributed by atoms with Crippen molar-refractivity contribution in [3.05, 3.63) is 120 Å². The van der Waals surface area contributed by atoms with Crippen LogP contribution in [-0.2, 0) is 33.7 Å². The lowest BCUT2D eigenvalue weighted by atomic mass is 9.88. The minimum atomic E-state index is -4.71. The molecule has 3 heterocycles. The van der Waals surface area contributed by atoms with Gasteiger partial charge in [0.2, 0.25) is 0 Å². The van der Waals surface area contributed by atoms with Gasteiger partial charge in [0.05, 0.1) is 22.7 Å². The van der Waals surface area contributed by atoms with Crippen molar-refractivity contribution < 1.29 is 42.2 Å². The number of β-lactam (4-membered cyclic amide) rings is 1. The Bertz CT molecular complexity index is 1790. The fraction of sp³-hybridized carbons (Fsp3) is 0.242. The maximum Gasteiger partial charge on any atom is 0.338 e. The number of pyridine rings is 1. The third kappa shape index (κ3) is 5.52. The highest BCUT2D eigenvalue weighted by molar-refractivity contribution is 7.94. The Balaban J connectivity index is 1.57. The Labute approximate surface area is 270 Å². The first-order valence-electron chi connectivity index (χ1n) is 14.1. The Morgan fingerprint density at radius 1 is 1.09 bits per heavy atom. The van der Waals surface area contributed by atoms with Gasteiger partial charge < -0.3 is 19.5 Å². The lowest BCUT2D eigenvalue weighted by Gasteiger charge is -2.39. The number of nitrogens with zero attached hydrogens (tertiary/aromatic N) is 2. The van der Waals surface area contributed by atoms with Crippen LogP contribution in [0.5, 0.6) is 0 Å². The molecule has 3 aromatic rings. The number of esters is 2. The Kier molecular flexibility index (Phi) is 9.24. The van der Waals surface area contributed by atoms with Crippen molar-refractivity contribution in [3.8, 4) is 0 Å². The summed E-state index contributed by atoms with van der Waals surface area (Å²) in [6.45, 7) is 4.47. The summed E-state index contributed by atoms with van der Waals surface area (Å²) in [6, 6.07) is 18.1. The number of aromatic nitrogens is 1. The molecule has 0 saturated carbocycles. The van der Waals surface area contributed by atoms with Crippen LogP contribution >= 0.6 is 11.6 Å². The number of halogens is 1. The zero-order chi connectivity index (χ0) is 33.2. The van der Waals surface area contributed by atoms with Crippen molar-refractivity contribution in [2.45, 2.75) is 35.3 Å². The van der Waals surface area contributed by atoms with Crippen LogP contribution in [0, 0.1) is 0 Å². The maximum absolute atomic E-state index is 14.2. The molecular formula is C33H29ClN2O9S. The van der Waals surface area contributed by atoms with Crippen LogP contribution in [0.15, 0.2) is 97.2 Å². The van der Waals surface area contributed by atoms with E-state index in [1.807, 2.05) is 0 Å². The van der Waals surface area contributed by atoms with E-state index in [1.54, 1.807) is 60.7 Å². The Morgan fingerprint density at radius 3 is 2.26 bits per heavy atom. The standard InChI is InChI=1S/C33H29ClN2O9S/c1-3-16-44-31(40)22-14-15-35-23(17-22)18-24-29(39)36-27(33(2,28(38)25(37)19-34)46(42,43)30(24)36)32(41)45-26(20-10-6-4-7-11-20)21-12-8-5-9-13-21/h3-15,17-18,26-28,30,38H,1,16,19H2,2H3/b24-18-/t27-,28?,30?,33+/m0/s1. The molecular weight excluding hydrogens is 636 g/mol. The van der Waals surface area contributed by atoms with Crippen molar-refractivity contribution in [3.63, 3.8) is 0 Å². The van der Waals surface area contributed by atoms with Gasteiger partial charge in [-0.1, -0.05) is 73.3 Å². The monoisotopic (exact) mass is 664 g/mol. The first-order chi connectivity index (χ1) is 22.0. The van der Waals surface area contributed by atoms with Crippen molar-refractivity contribution >= 4 is 51.1 Å². The number of aliphatic hydroxyl groups excluding tert-OH is 1. The minimum Gasteiger partial charge on any atom is -0.458 e. The number of ketones is 1. The second-order valence-corrected chi connectivity index (χ2v) is 13.5. The van der Waals surface area contributed by atoms with E-state index in [1.165, 1.54) is 30.5 Å².